The number of para-hydroxylation sites is 2. The van der Waals surface area contributed by atoms with E-state index in [1.54, 1.807) is 36.4 Å². The van der Waals surface area contributed by atoms with Crippen LogP contribution in [0.3, 0.4) is 0 Å². The van der Waals surface area contributed by atoms with E-state index >= 15 is 0 Å². The summed E-state index contributed by atoms with van der Waals surface area (Å²) in [6.45, 7) is 1.84. The molecule has 2 aromatic carbocycles. The smallest absolute Gasteiger partial charge is 0.329 e. The minimum Gasteiger partial charge on any atom is -0.468 e. The molecule has 1 aromatic heterocycles. The Labute approximate surface area is 155 Å². The van der Waals surface area contributed by atoms with Crippen molar-refractivity contribution in [3.8, 4) is 17.7 Å². The van der Waals surface area contributed by atoms with Gasteiger partial charge in [-0.2, -0.15) is 5.26 Å². The number of benzene rings is 2. The van der Waals surface area contributed by atoms with Crippen molar-refractivity contribution in [2.75, 3.05) is 7.11 Å². The largest absolute Gasteiger partial charge is 0.468 e. The van der Waals surface area contributed by atoms with Gasteiger partial charge in [-0.05, 0) is 42.8 Å². The number of nitrogens with zero attached hydrogens (tertiary/aromatic N) is 3. The number of methoxy groups -OCH3 is 1. The second-order valence-electron chi connectivity index (χ2n) is 5.50. The Kier molecular flexibility index (Phi) is 5.01. The lowest BCUT2D eigenvalue weighted by atomic mass is 10.1. The monoisotopic (exact) mass is 367 g/mol. The Morgan fingerprint density at radius 2 is 1.88 bits per heavy atom. The van der Waals surface area contributed by atoms with Crippen LogP contribution in [0.1, 0.15) is 17.2 Å². The van der Waals surface area contributed by atoms with Crippen molar-refractivity contribution >= 4 is 28.6 Å². The predicted molar refractivity (Wildman–Crippen MR) is 96.2 cm³/mol. The molecule has 0 fully saturated rings. The van der Waals surface area contributed by atoms with Crippen LogP contribution in [-0.2, 0) is 9.53 Å². The Hall–Kier alpha value is -3.17. The number of hydrogen-bond acceptors (Lipinski definition) is 6. The van der Waals surface area contributed by atoms with Gasteiger partial charge >= 0.3 is 5.97 Å². The molecule has 3 rings (SSSR count). The third kappa shape index (κ3) is 3.44. The molecule has 3 aromatic rings. The molecule has 0 aliphatic carbocycles. The fraction of sp³-hybridized carbons (Fsp3) is 0.158. The summed E-state index contributed by atoms with van der Waals surface area (Å²) in [4.78, 5) is 20.8. The van der Waals surface area contributed by atoms with Crippen LogP contribution in [0.25, 0.3) is 11.0 Å². The van der Waals surface area contributed by atoms with Crippen LogP contribution < -0.4 is 4.74 Å². The lowest BCUT2D eigenvalue weighted by molar-refractivity contribution is -0.141. The van der Waals surface area contributed by atoms with Crippen LogP contribution in [0.2, 0.25) is 5.02 Å². The van der Waals surface area contributed by atoms with Gasteiger partial charge in [0.25, 0.3) is 0 Å². The second-order valence-corrected chi connectivity index (χ2v) is 5.91. The molecule has 0 spiro atoms. The minimum absolute atomic E-state index is 0.0716. The molecule has 0 saturated carbocycles. The van der Waals surface area contributed by atoms with Crippen LogP contribution in [0.15, 0.2) is 42.5 Å². The first-order chi connectivity index (χ1) is 12.5. The number of aryl methyl sites for hydroxylation is 1. The SMILES string of the molecule is COC(=O)C(C#N)c1nc2ccccc2nc1Oc1ccc(Cl)c(C)c1. The van der Waals surface area contributed by atoms with Gasteiger partial charge in [-0.3, -0.25) is 4.79 Å². The van der Waals surface area contributed by atoms with Crippen molar-refractivity contribution in [1.29, 1.82) is 5.26 Å². The lowest BCUT2D eigenvalue weighted by Gasteiger charge is -2.13. The number of hydrogen-bond donors (Lipinski definition) is 0. The highest BCUT2D eigenvalue weighted by Crippen LogP contribution is 2.31. The highest BCUT2D eigenvalue weighted by Gasteiger charge is 2.28. The van der Waals surface area contributed by atoms with Crippen molar-refractivity contribution in [3.05, 3.63) is 58.7 Å². The van der Waals surface area contributed by atoms with E-state index < -0.39 is 11.9 Å². The topological polar surface area (TPSA) is 85.1 Å². The van der Waals surface area contributed by atoms with Crippen molar-refractivity contribution in [2.24, 2.45) is 0 Å². The van der Waals surface area contributed by atoms with E-state index in [1.807, 2.05) is 19.1 Å². The summed E-state index contributed by atoms with van der Waals surface area (Å²) in [5.74, 6) is -1.43. The molecule has 0 N–H and O–H groups in total. The Balaban J connectivity index is 2.14. The van der Waals surface area contributed by atoms with Gasteiger partial charge in [0.1, 0.15) is 11.4 Å². The molecule has 1 unspecified atom stereocenters. The maximum Gasteiger partial charge on any atom is 0.329 e. The number of halogens is 1. The molecule has 0 aliphatic heterocycles. The quantitative estimate of drug-likeness (QED) is 0.643. The first-order valence-electron chi connectivity index (χ1n) is 7.71. The first kappa shape index (κ1) is 17.6. The van der Waals surface area contributed by atoms with E-state index in [9.17, 15) is 10.1 Å². The normalized spacial score (nSPS) is 11.6. The average Bonchev–Trinajstić information content (AvgIpc) is 2.65. The Bertz CT molecular complexity index is 1030. The third-order valence-electron chi connectivity index (χ3n) is 3.75. The van der Waals surface area contributed by atoms with Crippen molar-refractivity contribution in [1.82, 2.24) is 9.97 Å². The average molecular weight is 368 g/mol. The zero-order chi connectivity index (χ0) is 18.7. The highest BCUT2D eigenvalue weighted by molar-refractivity contribution is 6.31. The molecular formula is C19H14ClN3O3. The minimum atomic E-state index is -1.25. The third-order valence-corrected chi connectivity index (χ3v) is 4.17. The lowest BCUT2D eigenvalue weighted by Crippen LogP contribution is -2.15. The molecule has 0 amide bonds. The molecule has 26 heavy (non-hydrogen) atoms. The molecule has 130 valence electrons. The van der Waals surface area contributed by atoms with E-state index in [0.29, 0.717) is 21.8 Å². The molecule has 7 heteroatoms. The van der Waals surface area contributed by atoms with Crippen LogP contribution >= 0.6 is 11.6 Å². The number of esters is 1. The summed E-state index contributed by atoms with van der Waals surface area (Å²) < 4.78 is 10.5. The van der Waals surface area contributed by atoms with Crippen molar-refractivity contribution in [3.63, 3.8) is 0 Å². The fourth-order valence-electron chi connectivity index (χ4n) is 2.40. The fourth-order valence-corrected chi connectivity index (χ4v) is 2.51. The maximum atomic E-state index is 12.0. The van der Waals surface area contributed by atoms with E-state index in [-0.39, 0.29) is 11.6 Å². The second kappa shape index (κ2) is 7.38. The standard InChI is InChI=1S/C19H14ClN3O3/c1-11-9-12(7-8-14(11)20)26-18-17(13(10-21)19(24)25-2)22-15-5-3-4-6-16(15)23-18/h3-9,13H,1-2H3. The van der Waals surface area contributed by atoms with Crippen LogP contribution in [-0.4, -0.2) is 23.0 Å². The van der Waals surface area contributed by atoms with Gasteiger partial charge in [0.15, 0.2) is 5.92 Å². The predicted octanol–water partition coefficient (Wildman–Crippen LogP) is 4.16. The van der Waals surface area contributed by atoms with E-state index in [0.717, 1.165) is 5.56 Å². The number of carbonyl (C=O) groups excluding carboxylic acids is 1. The zero-order valence-electron chi connectivity index (χ0n) is 14.1. The molecule has 0 bridgehead atoms. The van der Waals surface area contributed by atoms with E-state index in [4.69, 9.17) is 21.1 Å². The number of carbonyl (C=O) groups is 1. The summed E-state index contributed by atoms with van der Waals surface area (Å²) in [6, 6.07) is 14.1. The highest BCUT2D eigenvalue weighted by atomic mass is 35.5. The summed E-state index contributed by atoms with van der Waals surface area (Å²) in [5, 5.41) is 10.0. The number of rotatable bonds is 4. The van der Waals surface area contributed by atoms with Gasteiger partial charge in [-0.25, -0.2) is 9.97 Å². The van der Waals surface area contributed by atoms with E-state index in [2.05, 4.69) is 9.97 Å². The maximum absolute atomic E-state index is 12.0. The molecule has 0 radical (unpaired) electrons. The molecule has 6 nitrogen and oxygen atoms in total. The molecule has 1 heterocycles. The number of aromatic nitrogens is 2. The van der Waals surface area contributed by atoms with Gasteiger partial charge in [-0.15, -0.1) is 0 Å². The van der Waals surface area contributed by atoms with Gasteiger partial charge < -0.3 is 9.47 Å². The number of fused-ring (bicyclic) bond motifs is 1. The van der Waals surface area contributed by atoms with Crippen LogP contribution in [0.4, 0.5) is 0 Å². The summed E-state index contributed by atoms with van der Waals surface area (Å²) in [6.07, 6.45) is 0. The zero-order valence-corrected chi connectivity index (χ0v) is 14.8. The summed E-state index contributed by atoms with van der Waals surface area (Å²) >= 11 is 6.04. The van der Waals surface area contributed by atoms with Crippen LogP contribution in [0, 0.1) is 18.3 Å². The first-order valence-corrected chi connectivity index (χ1v) is 8.09. The Morgan fingerprint density at radius 1 is 1.19 bits per heavy atom. The van der Waals surface area contributed by atoms with Gasteiger partial charge in [0, 0.05) is 5.02 Å². The van der Waals surface area contributed by atoms with Gasteiger partial charge in [-0.1, -0.05) is 23.7 Å². The molecule has 1 atom stereocenters. The van der Waals surface area contributed by atoms with Crippen molar-refractivity contribution in [2.45, 2.75) is 12.8 Å². The molecular weight excluding hydrogens is 354 g/mol. The van der Waals surface area contributed by atoms with E-state index in [1.165, 1.54) is 7.11 Å². The van der Waals surface area contributed by atoms with Gasteiger partial charge in [0.2, 0.25) is 5.88 Å². The summed E-state index contributed by atoms with van der Waals surface area (Å²) in [7, 11) is 1.21. The summed E-state index contributed by atoms with van der Waals surface area (Å²) in [5.41, 5.74) is 2.06. The molecule has 0 saturated heterocycles. The molecule has 0 aliphatic rings. The number of nitriles is 1. The number of ether oxygens (including phenoxy) is 2. The van der Waals surface area contributed by atoms with Crippen LogP contribution in [0.5, 0.6) is 11.6 Å². The Morgan fingerprint density at radius 3 is 2.50 bits per heavy atom. The van der Waals surface area contributed by atoms with Crippen molar-refractivity contribution < 1.29 is 14.3 Å². The van der Waals surface area contributed by atoms with Gasteiger partial charge in [0.05, 0.1) is 24.2 Å².